The fourth-order valence-electron chi connectivity index (χ4n) is 4.57. The van der Waals surface area contributed by atoms with Crippen molar-refractivity contribution in [2.45, 2.75) is 31.1 Å². The first kappa shape index (κ1) is 14.8. The molecule has 1 aromatic heterocycles. The lowest BCUT2D eigenvalue weighted by Crippen LogP contribution is -2.28. The number of fused-ring (bicyclic) bond motifs is 3. The molecule has 2 atom stereocenters. The number of Topliss-reactive ketones (excluding diaryl/α,β-unsaturated/α-hetero) is 1. The Morgan fingerprint density at radius 3 is 2.44 bits per heavy atom. The number of rotatable bonds is 1. The maximum Gasteiger partial charge on any atom is 0.202 e. The van der Waals surface area contributed by atoms with E-state index in [0.29, 0.717) is 22.7 Å². The Kier molecular flexibility index (Phi) is 2.98. The van der Waals surface area contributed by atoms with Gasteiger partial charge in [0, 0.05) is 39.3 Å². The zero-order chi connectivity index (χ0) is 17.3. The number of halogens is 1. The van der Waals surface area contributed by atoms with E-state index in [1.807, 2.05) is 24.3 Å². The Morgan fingerprint density at radius 2 is 1.68 bits per heavy atom. The van der Waals surface area contributed by atoms with E-state index in [4.69, 9.17) is 11.6 Å². The van der Waals surface area contributed by atoms with Crippen molar-refractivity contribution in [3.63, 3.8) is 0 Å². The first-order valence-corrected chi connectivity index (χ1v) is 8.82. The summed E-state index contributed by atoms with van der Waals surface area (Å²) in [7, 11) is 0. The minimum Gasteiger partial charge on any atom is -0.494 e. The second kappa shape index (κ2) is 5.02. The second-order valence-electron chi connectivity index (χ2n) is 6.92. The molecule has 5 heteroatoms. The average Bonchev–Trinajstić information content (AvgIpc) is 2.89. The van der Waals surface area contributed by atoms with Crippen molar-refractivity contribution < 1.29 is 15.0 Å². The summed E-state index contributed by atoms with van der Waals surface area (Å²) in [6, 6.07) is 11.2. The molecule has 3 aromatic rings. The van der Waals surface area contributed by atoms with Crippen molar-refractivity contribution in [2.24, 2.45) is 0 Å². The highest BCUT2D eigenvalue weighted by Gasteiger charge is 2.45. The van der Waals surface area contributed by atoms with Gasteiger partial charge in [-0.1, -0.05) is 35.9 Å². The van der Waals surface area contributed by atoms with Gasteiger partial charge in [0.1, 0.15) is 5.78 Å². The van der Waals surface area contributed by atoms with E-state index in [0.717, 1.165) is 29.2 Å². The minimum atomic E-state index is -0.300. The molecule has 3 aliphatic carbocycles. The van der Waals surface area contributed by atoms with E-state index in [1.165, 1.54) is 4.57 Å². The molecule has 6 rings (SSSR count). The molecule has 4 nitrogen and oxygen atoms in total. The van der Waals surface area contributed by atoms with Crippen LogP contribution >= 0.6 is 11.6 Å². The van der Waals surface area contributed by atoms with Crippen LogP contribution in [0.3, 0.4) is 0 Å². The van der Waals surface area contributed by atoms with E-state index in [9.17, 15) is 15.0 Å². The molecule has 1 fully saturated rings. The number of aromatic hydroxyl groups is 2. The number of hydrogen-bond acceptors (Lipinski definition) is 3. The standard InChI is InChI=1S/C20H16ClNO3/c21-14-7-8-15(12-4-2-1-3-11(12)14)22-19(24)17-10-5-6-13(16(23)9-10)18(17)20(22)25/h1-4,7-8,10,13,24-25H,5-6,9H2/t10-,13+/m0/s1. The lowest BCUT2D eigenvalue weighted by atomic mass is 9.67. The Hall–Kier alpha value is -2.46. The zero-order valence-corrected chi connectivity index (χ0v) is 14.1. The van der Waals surface area contributed by atoms with Crippen LogP contribution in [0.25, 0.3) is 16.5 Å². The van der Waals surface area contributed by atoms with Crippen LogP contribution in [0.1, 0.15) is 42.2 Å². The van der Waals surface area contributed by atoms with Gasteiger partial charge in [0.25, 0.3) is 0 Å². The predicted octanol–water partition coefficient (Wildman–Crippen LogP) is 4.63. The molecule has 2 aromatic carbocycles. The summed E-state index contributed by atoms with van der Waals surface area (Å²) in [5, 5.41) is 24.1. The first-order chi connectivity index (χ1) is 12.1. The Morgan fingerprint density at radius 1 is 0.960 bits per heavy atom. The topological polar surface area (TPSA) is 62.5 Å². The van der Waals surface area contributed by atoms with Gasteiger partial charge >= 0.3 is 0 Å². The number of carbonyl (C=O) groups is 1. The Bertz CT molecular complexity index is 1050. The molecule has 0 amide bonds. The van der Waals surface area contributed by atoms with Crippen LogP contribution in [0.4, 0.5) is 0 Å². The van der Waals surface area contributed by atoms with Gasteiger partial charge in [0.15, 0.2) is 0 Å². The molecule has 1 heterocycles. The fraction of sp³-hybridized carbons (Fsp3) is 0.250. The number of carbonyl (C=O) groups excluding carboxylic acids is 1. The van der Waals surface area contributed by atoms with E-state index in [-0.39, 0.29) is 29.4 Å². The third kappa shape index (κ3) is 1.86. The SMILES string of the molecule is O=C1C[C@@H]2CC[C@H]1c1c2c(O)n(-c2ccc(Cl)c3ccccc23)c1O. The summed E-state index contributed by atoms with van der Waals surface area (Å²) in [6.45, 7) is 0. The number of ketones is 1. The molecule has 0 unspecified atom stereocenters. The quantitative estimate of drug-likeness (QED) is 0.670. The molecule has 0 saturated heterocycles. The molecule has 0 spiro atoms. The van der Waals surface area contributed by atoms with Crippen LogP contribution < -0.4 is 0 Å². The summed E-state index contributed by atoms with van der Waals surface area (Å²) in [4.78, 5) is 12.3. The fourth-order valence-corrected chi connectivity index (χ4v) is 4.79. The van der Waals surface area contributed by atoms with Gasteiger partial charge in [-0.2, -0.15) is 0 Å². The van der Waals surface area contributed by atoms with Gasteiger partial charge in [-0.15, -0.1) is 0 Å². The molecule has 0 aliphatic heterocycles. The first-order valence-electron chi connectivity index (χ1n) is 8.44. The van der Waals surface area contributed by atoms with Gasteiger partial charge in [-0.3, -0.25) is 9.36 Å². The van der Waals surface area contributed by atoms with Crippen molar-refractivity contribution >= 4 is 28.2 Å². The summed E-state index contributed by atoms with van der Waals surface area (Å²) >= 11 is 6.29. The molecule has 1 saturated carbocycles. The average molecular weight is 354 g/mol. The van der Waals surface area contributed by atoms with Gasteiger partial charge in [-0.05, 0) is 30.9 Å². The molecule has 0 radical (unpaired) electrons. The largest absolute Gasteiger partial charge is 0.494 e. The lowest BCUT2D eigenvalue weighted by Gasteiger charge is -2.34. The third-order valence-electron chi connectivity index (χ3n) is 5.68. The van der Waals surface area contributed by atoms with Crippen LogP contribution in [0.5, 0.6) is 11.8 Å². The van der Waals surface area contributed by atoms with Crippen molar-refractivity contribution in [1.29, 1.82) is 0 Å². The van der Waals surface area contributed by atoms with E-state index >= 15 is 0 Å². The minimum absolute atomic E-state index is 0.00165. The molecule has 2 N–H and O–H groups in total. The van der Waals surface area contributed by atoms with Crippen LogP contribution in [-0.4, -0.2) is 20.6 Å². The zero-order valence-electron chi connectivity index (χ0n) is 13.4. The molecular formula is C20H16ClNO3. The Labute approximate surface area is 149 Å². The monoisotopic (exact) mass is 353 g/mol. The second-order valence-corrected chi connectivity index (χ2v) is 7.33. The summed E-state index contributed by atoms with van der Waals surface area (Å²) in [6.07, 6.45) is 2.08. The van der Waals surface area contributed by atoms with Gasteiger partial charge in [0.05, 0.1) is 5.69 Å². The molecule has 126 valence electrons. The smallest absolute Gasteiger partial charge is 0.202 e. The summed E-state index contributed by atoms with van der Waals surface area (Å²) in [5.41, 5.74) is 2.02. The van der Waals surface area contributed by atoms with Crippen LogP contribution in [0.2, 0.25) is 5.02 Å². The number of hydrogen-bond donors (Lipinski definition) is 2. The van der Waals surface area contributed by atoms with Gasteiger partial charge < -0.3 is 10.2 Å². The molecule has 3 aliphatic rings. The van der Waals surface area contributed by atoms with Crippen molar-refractivity contribution in [2.75, 3.05) is 0 Å². The maximum atomic E-state index is 12.3. The molecular weight excluding hydrogens is 338 g/mol. The highest BCUT2D eigenvalue weighted by molar-refractivity contribution is 6.35. The predicted molar refractivity (Wildman–Crippen MR) is 96.0 cm³/mol. The highest BCUT2D eigenvalue weighted by Crippen LogP contribution is 2.56. The summed E-state index contributed by atoms with van der Waals surface area (Å²) < 4.78 is 1.47. The van der Waals surface area contributed by atoms with Crippen LogP contribution in [-0.2, 0) is 4.79 Å². The molecule has 25 heavy (non-hydrogen) atoms. The third-order valence-corrected chi connectivity index (χ3v) is 6.01. The number of nitrogens with zero attached hydrogens (tertiary/aromatic N) is 1. The van der Waals surface area contributed by atoms with Crippen LogP contribution in [0, 0.1) is 0 Å². The maximum absolute atomic E-state index is 12.3. The lowest BCUT2D eigenvalue weighted by molar-refractivity contribution is -0.123. The van der Waals surface area contributed by atoms with E-state index in [2.05, 4.69) is 0 Å². The van der Waals surface area contributed by atoms with Crippen molar-refractivity contribution in [1.82, 2.24) is 4.57 Å². The summed E-state index contributed by atoms with van der Waals surface area (Å²) in [5.74, 6) is -0.119. The highest BCUT2D eigenvalue weighted by atomic mass is 35.5. The number of benzene rings is 2. The van der Waals surface area contributed by atoms with Crippen LogP contribution in [0.15, 0.2) is 36.4 Å². The van der Waals surface area contributed by atoms with E-state index < -0.39 is 0 Å². The van der Waals surface area contributed by atoms with Gasteiger partial charge in [0.2, 0.25) is 11.8 Å². The Balaban J connectivity index is 1.84. The number of aromatic nitrogens is 1. The van der Waals surface area contributed by atoms with Crippen molar-refractivity contribution in [3.05, 3.63) is 52.5 Å². The van der Waals surface area contributed by atoms with Gasteiger partial charge in [-0.25, -0.2) is 0 Å². The van der Waals surface area contributed by atoms with Crippen molar-refractivity contribution in [3.8, 4) is 17.4 Å². The van der Waals surface area contributed by atoms with E-state index in [1.54, 1.807) is 12.1 Å². The molecule has 2 bridgehead atoms. The normalized spacial score (nSPS) is 21.7.